The molecule has 0 aliphatic carbocycles. The second-order valence-electron chi connectivity index (χ2n) is 5.09. The zero-order valence-corrected chi connectivity index (χ0v) is 14.8. The van der Waals surface area contributed by atoms with E-state index in [0.717, 1.165) is 28.0 Å². The van der Waals surface area contributed by atoms with Gasteiger partial charge in [0.1, 0.15) is 11.5 Å². The molecule has 0 fully saturated rings. The van der Waals surface area contributed by atoms with Gasteiger partial charge >= 0.3 is 0 Å². The molecule has 0 unspecified atom stereocenters. The van der Waals surface area contributed by atoms with E-state index in [1.165, 1.54) is 0 Å². The molecule has 0 radical (unpaired) electrons. The number of ether oxygens (including phenoxy) is 2. The Bertz CT molecular complexity index is 772. The summed E-state index contributed by atoms with van der Waals surface area (Å²) >= 11 is 3.41. The molecule has 6 nitrogen and oxygen atoms in total. The number of hydrogen-bond donors (Lipinski definition) is 0. The second kappa shape index (κ2) is 7.92. The van der Waals surface area contributed by atoms with E-state index in [-0.39, 0.29) is 0 Å². The fraction of sp³-hybridized carbons (Fsp3) is 0.235. The number of aromatic nitrogens is 4. The fourth-order valence-corrected chi connectivity index (χ4v) is 2.38. The summed E-state index contributed by atoms with van der Waals surface area (Å²) in [6, 6.07) is 15.3. The van der Waals surface area contributed by atoms with Crippen molar-refractivity contribution in [2.45, 2.75) is 13.0 Å². The maximum absolute atomic E-state index is 5.68. The zero-order chi connectivity index (χ0) is 16.8. The third-order valence-electron chi connectivity index (χ3n) is 3.39. The molecule has 0 aliphatic heterocycles. The minimum atomic E-state index is 0.585. The first-order chi connectivity index (χ1) is 11.7. The summed E-state index contributed by atoms with van der Waals surface area (Å²) in [4.78, 5) is 1.59. The smallest absolute Gasteiger partial charge is 0.204 e. The Kier molecular flexibility index (Phi) is 5.43. The van der Waals surface area contributed by atoms with Crippen molar-refractivity contribution in [3.63, 3.8) is 0 Å². The van der Waals surface area contributed by atoms with Crippen molar-refractivity contribution < 1.29 is 9.47 Å². The van der Waals surface area contributed by atoms with E-state index >= 15 is 0 Å². The lowest BCUT2D eigenvalue weighted by molar-refractivity contribution is 0.292. The van der Waals surface area contributed by atoms with Gasteiger partial charge in [-0.15, -0.1) is 10.2 Å². The molecule has 3 aromatic rings. The summed E-state index contributed by atoms with van der Waals surface area (Å²) in [5, 5.41) is 12.5. The lowest BCUT2D eigenvalue weighted by Crippen LogP contribution is -2.07. The van der Waals surface area contributed by atoms with Crippen molar-refractivity contribution in [3.8, 4) is 22.9 Å². The number of halogens is 1. The van der Waals surface area contributed by atoms with Crippen molar-refractivity contribution >= 4 is 15.9 Å². The van der Waals surface area contributed by atoms with Crippen molar-refractivity contribution in [1.29, 1.82) is 0 Å². The minimum absolute atomic E-state index is 0.585. The van der Waals surface area contributed by atoms with Crippen LogP contribution in [-0.2, 0) is 6.54 Å². The van der Waals surface area contributed by atoms with E-state index in [4.69, 9.17) is 9.47 Å². The summed E-state index contributed by atoms with van der Waals surface area (Å²) in [7, 11) is 1.64. The molecule has 3 rings (SSSR count). The van der Waals surface area contributed by atoms with Crippen LogP contribution in [0.1, 0.15) is 6.42 Å². The third-order valence-corrected chi connectivity index (χ3v) is 3.91. The Morgan fingerprint density at radius 1 is 1.00 bits per heavy atom. The molecule has 0 saturated heterocycles. The van der Waals surface area contributed by atoms with Gasteiger partial charge in [-0.05, 0) is 53.7 Å². The van der Waals surface area contributed by atoms with E-state index in [2.05, 4.69) is 31.3 Å². The maximum atomic E-state index is 5.68. The fourth-order valence-electron chi connectivity index (χ4n) is 2.12. The van der Waals surface area contributed by atoms with Gasteiger partial charge in [0, 0.05) is 16.5 Å². The molecule has 0 saturated carbocycles. The van der Waals surface area contributed by atoms with Gasteiger partial charge in [0.05, 0.1) is 20.3 Å². The highest BCUT2D eigenvalue weighted by atomic mass is 79.9. The number of nitrogens with zero attached hydrogens (tertiary/aromatic N) is 4. The standard InChI is InChI=1S/C17H17BrN4O2/c1-23-15-7-9-16(10-8-15)24-12-2-11-22-20-17(19-21-22)13-3-5-14(18)6-4-13/h3-10H,2,11-12H2,1H3. The third kappa shape index (κ3) is 4.32. The molecular weight excluding hydrogens is 372 g/mol. The van der Waals surface area contributed by atoms with Gasteiger partial charge in [0.2, 0.25) is 5.82 Å². The highest BCUT2D eigenvalue weighted by Crippen LogP contribution is 2.18. The van der Waals surface area contributed by atoms with E-state index in [9.17, 15) is 0 Å². The molecule has 0 amide bonds. The van der Waals surface area contributed by atoms with Crippen molar-refractivity contribution in [2.24, 2.45) is 0 Å². The van der Waals surface area contributed by atoms with E-state index < -0.39 is 0 Å². The van der Waals surface area contributed by atoms with E-state index in [1.54, 1.807) is 11.9 Å². The lowest BCUT2D eigenvalue weighted by Gasteiger charge is -2.06. The van der Waals surface area contributed by atoms with Crippen LogP contribution in [0.5, 0.6) is 11.5 Å². The van der Waals surface area contributed by atoms with Gasteiger partial charge in [-0.1, -0.05) is 15.9 Å². The average molecular weight is 389 g/mol. The summed E-state index contributed by atoms with van der Waals surface area (Å²) in [6.07, 6.45) is 0.794. The van der Waals surface area contributed by atoms with Crippen LogP contribution in [0.4, 0.5) is 0 Å². The van der Waals surface area contributed by atoms with Gasteiger partial charge in [-0.3, -0.25) is 0 Å². The van der Waals surface area contributed by atoms with Crippen LogP contribution in [0.2, 0.25) is 0 Å². The van der Waals surface area contributed by atoms with Crippen LogP contribution >= 0.6 is 15.9 Å². The number of methoxy groups -OCH3 is 1. The molecule has 0 aliphatic rings. The average Bonchev–Trinajstić information content (AvgIpc) is 3.09. The molecule has 1 aromatic heterocycles. The van der Waals surface area contributed by atoms with Crippen molar-refractivity contribution in [1.82, 2.24) is 20.2 Å². The first kappa shape index (κ1) is 16.4. The summed E-state index contributed by atoms with van der Waals surface area (Å²) in [5.41, 5.74) is 0.943. The van der Waals surface area contributed by atoms with Crippen molar-refractivity contribution in [3.05, 3.63) is 53.0 Å². The Hall–Kier alpha value is -2.41. The molecule has 0 spiro atoms. The quantitative estimate of drug-likeness (QED) is 0.578. The predicted octanol–water partition coefficient (Wildman–Crippen LogP) is 3.58. The SMILES string of the molecule is COc1ccc(OCCCn2nnc(-c3ccc(Br)cc3)n2)cc1. The molecule has 7 heteroatoms. The molecular formula is C17H17BrN4O2. The van der Waals surface area contributed by atoms with Crippen LogP contribution in [0.15, 0.2) is 53.0 Å². The van der Waals surface area contributed by atoms with Crippen LogP contribution in [0.3, 0.4) is 0 Å². The molecule has 0 bridgehead atoms. The van der Waals surface area contributed by atoms with E-state index in [0.29, 0.717) is 19.0 Å². The predicted molar refractivity (Wildman–Crippen MR) is 94.1 cm³/mol. The number of tetrazole rings is 1. The van der Waals surface area contributed by atoms with Crippen LogP contribution in [-0.4, -0.2) is 33.9 Å². The van der Waals surface area contributed by atoms with Gasteiger partial charge in [-0.2, -0.15) is 4.80 Å². The topological polar surface area (TPSA) is 62.1 Å². The largest absolute Gasteiger partial charge is 0.497 e. The highest BCUT2D eigenvalue weighted by Gasteiger charge is 2.05. The molecule has 1 heterocycles. The Labute approximate surface area is 148 Å². The Morgan fingerprint density at radius 2 is 1.71 bits per heavy atom. The minimum Gasteiger partial charge on any atom is -0.497 e. The normalized spacial score (nSPS) is 10.6. The number of benzene rings is 2. The number of rotatable bonds is 7. The zero-order valence-electron chi connectivity index (χ0n) is 13.2. The van der Waals surface area contributed by atoms with Gasteiger partial charge in [-0.25, -0.2) is 0 Å². The molecule has 0 N–H and O–H groups in total. The first-order valence-electron chi connectivity index (χ1n) is 7.55. The van der Waals surface area contributed by atoms with Crippen molar-refractivity contribution in [2.75, 3.05) is 13.7 Å². The molecule has 24 heavy (non-hydrogen) atoms. The number of hydrogen-bond acceptors (Lipinski definition) is 5. The first-order valence-corrected chi connectivity index (χ1v) is 8.34. The lowest BCUT2D eigenvalue weighted by atomic mass is 10.2. The summed E-state index contributed by atoms with van der Waals surface area (Å²) in [5.74, 6) is 2.26. The van der Waals surface area contributed by atoms with Gasteiger partial charge in [0.25, 0.3) is 0 Å². The van der Waals surface area contributed by atoms with Crippen LogP contribution < -0.4 is 9.47 Å². The Morgan fingerprint density at radius 3 is 2.42 bits per heavy atom. The number of aryl methyl sites for hydroxylation is 1. The monoisotopic (exact) mass is 388 g/mol. The molecule has 0 atom stereocenters. The van der Waals surface area contributed by atoms with Gasteiger partial charge in [0.15, 0.2) is 0 Å². The summed E-state index contributed by atoms with van der Waals surface area (Å²) in [6.45, 7) is 1.24. The van der Waals surface area contributed by atoms with Gasteiger partial charge < -0.3 is 9.47 Å². The Balaban J connectivity index is 1.47. The van der Waals surface area contributed by atoms with E-state index in [1.807, 2.05) is 48.5 Å². The maximum Gasteiger partial charge on any atom is 0.204 e. The highest BCUT2D eigenvalue weighted by molar-refractivity contribution is 9.10. The molecule has 2 aromatic carbocycles. The van der Waals surface area contributed by atoms with Crippen LogP contribution in [0.25, 0.3) is 11.4 Å². The summed E-state index contributed by atoms with van der Waals surface area (Å²) < 4.78 is 11.8. The van der Waals surface area contributed by atoms with Crippen LogP contribution in [0, 0.1) is 0 Å². The second-order valence-corrected chi connectivity index (χ2v) is 6.01. The molecule has 124 valence electrons.